The Hall–Kier alpha value is -1.74. The van der Waals surface area contributed by atoms with Crippen LogP contribution in [-0.4, -0.2) is 15.1 Å². The minimum atomic E-state index is -0.429. The van der Waals surface area contributed by atoms with E-state index in [9.17, 15) is 5.11 Å². The summed E-state index contributed by atoms with van der Waals surface area (Å²) in [4.78, 5) is 8.59. The molecular weight excluding hydrogens is 212 g/mol. The molecule has 0 aliphatic rings. The van der Waals surface area contributed by atoms with Crippen LogP contribution in [-0.2, 0) is 0 Å². The molecule has 0 aliphatic carbocycles. The Bertz CT molecular complexity index is 511. The molecule has 0 radical (unpaired) electrons. The van der Waals surface area contributed by atoms with Crippen LogP contribution < -0.4 is 0 Å². The van der Waals surface area contributed by atoms with Crippen molar-refractivity contribution in [1.82, 2.24) is 9.97 Å². The number of hydrogen-bond acceptors (Lipinski definition) is 3. The fourth-order valence-corrected chi connectivity index (χ4v) is 1.71. The van der Waals surface area contributed by atoms with Crippen LogP contribution in [0.3, 0.4) is 0 Å². The lowest BCUT2D eigenvalue weighted by Gasteiger charge is -2.09. The van der Waals surface area contributed by atoms with Gasteiger partial charge >= 0.3 is 0 Å². The van der Waals surface area contributed by atoms with E-state index in [0.717, 1.165) is 22.5 Å². The zero-order valence-electron chi connectivity index (χ0n) is 10.1. The maximum atomic E-state index is 9.81. The van der Waals surface area contributed by atoms with Gasteiger partial charge in [0.1, 0.15) is 0 Å². The molecule has 1 atom stereocenters. The van der Waals surface area contributed by atoms with Crippen molar-refractivity contribution < 1.29 is 5.11 Å². The molecule has 1 unspecified atom stereocenters. The molecule has 0 fully saturated rings. The summed E-state index contributed by atoms with van der Waals surface area (Å²) in [6, 6.07) is 7.68. The lowest BCUT2D eigenvalue weighted by atomic mass is 10.1. The first-order chi connectivity index (χ1) is 8.20. The summed E-state index contributed by atoms with van der Waals surface area (Å²) < 4.78 is 0. The normalized spacial score (nSPS) is 12.4. The van der Waals surface area contributed by atoms with Crippen molar-refractivity contribution >= 4 is 0 Å². The molecule has 0 bridgehead atoms. The van der Waals surface area contributed by atoms with Crippen molar-refractivity contribution in [1.29, 1.82) is 0 Å². The van der Waals surface area contributed by atoms with Crippen LogP contribution in [0, 0.1) is 6.92 Å². The van der Waals surface area contributed by atoms with Crippen LogP contribution in [0.25, 0.3) is 11.4 Å². The van der Waals surface area contributed by atoms with Crippen LogP contribution in [0.5, 0.6) is 0 Å². The number of aliphatic hydroxyl groups is 1. The van der Waals surface area contributed by atoms with Gasteiger partial charge in [0.05, 0.1) is 17.5 Å². The first kappa shape index (κ1) is 11.7. The smallest absolute Gasteiger partial charge is 0.0889 e. The van der Waals surface area contributed by atoms with Crippen molar-refractivity contribution in [2.75, 3.05) is 0 Å². The summed E-state index contributed by atoms with van der Waals surface area (Å²) in [6.45, 7) is 3.98. The van der Waals surface area contributed by atoms with Crippen LogP contribution in [0.2, 0.25) is 0 Å². The van der Waals surface area contributed by atoms with E-state index in [-0.39, 0.29) is 0 Å². The number of aromatic nitrogens is 2. The molecule has 2 heterocycles. The van der Waals surface area contributed by atoms with Gasteiger partial charge < -0.3 is 5.11 Å². The van der Waals surface area contributed by atoms with Crippen LogP contribution >= 0.6 is 0 Å². The largest absolute Gasteiger partial charge is 0.388 e. The highest BCUT2D eigenvalue weighted by atomic mass is 16.3. The summed E-state index contributed by atoms with van der Waals surface area (Å²) in [5.41, 5.74) is 3.69. The van der Waals surface area contributed by atoms with Gasteiger partial charge in [-0.3, -0.25) is 9.97 Å². The summed E-state index contributed by atoms with van der Waals surface area (Å²) in [5.74, 6) is 0. The van der Waals surface area contributed by atoms with Crippen molar-refractivity contribution in [2.24, 2.45) is 0 Å². The number of aliphatic hydroxyl groups excluding tert-OH is 1. The standard InChI is InChI=1S/C14H16N2O/c1-3-14(17)11-5-7-16-13(9-11)12-8-10(2)4-6-15-12/h4-9,14,17H,3H2,1-2H3. The third-order valence-electron chi connectivity index (χ3n) is 2.73. The molecule has 2 aromatic rings. The fraction of sp³-hybridized carbons (Fsp3) is 0.286. The zero-order chi connectivity index (χ0) is 12.3. The molecule has 3 nitrogen and oxygen atoms in total. The van der Waals surface area contributed by atoms with Gasteiger partial charge in [0.15, 0.2) is 0 Å². The second-order valence-corrected chi connectivity index (χ2v) is 4.12. The highest BCUT2D eigenvalue weighted by Crippen LogP contribution is 2.21. The minimum absolute atomic E-state index is 0.429. The Balaban J connectivity index is 2.39. The third kappa shape index (κ3) is 2.68. The Morgan fingerprint density at radius 2 is 1.76 bits per heavy atom. The van der Waals surface area contributed by atoms with Gasteiger partial charge in [0, 0.05) is 12.4 Å². The van der Waals surface area contributed by atoms with Crippen LogP contribution in [0.1, 0.15) is 30.6 Å². The Kier molecular flexibility index (Phi) is 3.49. The number of aryl methyl sites for hydroxylation is 1. The molecular formula is C14H16N2O. The van der Waals surface area contributed by atoms with E-state index in [2.05, 4.69) is 9.97 Å². The van der Waals surface area contributed by atoms with E-state index < -0.39 is 6.10 Å². The van der Waals surface area contributed by atoms with Gasteiger partial charge in [0.25, 0.3) is 0 Å². The zero-order valence-corrected chi connectivity index (χ0v) is 10.1. The number of hydrogen-bond donors (Lipinski definition) is 1. The predicted molar refractivity (Wildman–Crippen MR) is 67.5 cm³/mol. The van der Waals surface area contributed by atoms with Gasteiger partial charge in [-0.1, -0.05) is 6.92 Å². The number of pyridine rings is 2. The first-order valence-corrected chi connectivity index (χ1v) is 5.77. The van der Waals surface area contributed by atoms with Crippen LogP contribution in [0.15, 0.2) is 36.7 Å². The van der Waals surface area contributed by atoms with E-state index in [1.54, 1.807) is 12.4 Å². The molecule has 0 aromatic carbocycles. The molecule has 17 heavy (non-hydrogen) atoms. The third-order valence-corrected chi connectivity index (χ3v) is 2.73. The SMILES string of the molecule is CCC(O)c1ccnc(-c2cc(C)ccn2)c1. The minimum Gasteiger partial charge on any atom is -0.388 e. The number of nitrogens with zero attached hydrogens (tertiary/aromatic N) is 2. The molecule has 3 heteroatoms. The van der Waals surface area contributed by atoms with Gasteiger partial charge in [-0.2, -0.15) is 0 Å². The Labute approximate surface area is 101 Å². The van der Waals surface area contributed by atoms with E-state index in [4.69, 9.17) is 0 Å². The highest BCUT2D eigenvalue weighted by Gasteiger charge is 2.07. The molecule has 2 rings (SSSR count). The van der Waals surface area contributed by atoms with Crippen molar-refractivity contribution in [2.45, 2.75) is 26.4 Å². The number of rotatable bonds is 3. The average Bonchev–Trinajstić information content (AvgIpc) is 2.38. The molecule has 0 spiro atoms. The second-order valence-electron chi connectivity index (χ2n) is 4.12. The maximum Gasteiger partial charge on any atom is 0.0889 e. The van der Waals surface area contributed by atoms with E-state index >= 15 is 0 Å². The monoisotopic (exact) mass is 228 g/mol. The van der Waals surface area contributed by atoms with Gasteiger partial charge in [-0.05, 0) is 48.7 Å². The molecule has 1 N–H and O–H groups in total. The molecule has 2 aromatic heterocycles. The quantitative estimate of drug-likeness (QED) is 0.878. The predicted octanol–water partition coefficient (Wildman–Crippen LogP) is 2.90. The van der Waals surface area contributed by atoms with E-state index in [0.29, 0.717) is 6.42 Å². The summed E-state index contributed by atoms with van der Waals surface area (Å²) in [5, 5.41) is 9.81. The molecule has 0 amide bonds. The summed E-state index contributed by atoms with van der Waals surface area (Å²) in [6.07, 6.45) is 3.76. The summed E-state index contributed by atoms with van der Waals surface area (Å²) in [7, 11) is 0. The van der Waals surface area contributed by atoms with E-state index in [1.807, 2.05) is 38.1 Å². The molecule has 0 saturated heterocycles. The van der Waals surface area contributed by atoms with Gasteiger partial charge in [-0.15, -0.1) is 0 Å². The average molecular weight is 228 g/mol. The maximum absolute atomic E-state index is 9.81. The van der Waals surface area contributed by atoms with Crippen molar-refractivity contribution in [3.05, 3.63) is 47.8 Å². The fourth-order valence-electron chi connectivity index (χ4n) is 1.71. The molecule has 0 aliphatic heterocycles. The first-order valence-electron chi connectivity index (χ1n) is 5.77. The topological polar surface area (TPSA) is 46.0 Å². The van der Waals surface area contributed by atoms with Crippen molar-refractivity contribution in [3.63, 3.8) is 0 Å². The van der Waals surface area contributed by atoms with Gasteiger partial charge in [0.2, 0.25) is 0 Å². The molecule has 88 valence electrons. The summed E-state index contributed by atoms with van der Waals surface area (Å²) >= 11 is 0. The Morgan fingerprint density at radius 3 is 2.41 bits per heavy atom. The lowest BCUT2D eigenvalue weighted by Crippen LogP contribution is -1.97. The van der Waals surface area contributed by atoms with E-state index in [1.165, 1.54) is 0 Å². The highest BCUT2D eigenvalue weighted by molar-refractivity contribution is 5.55. The molecule has 0 saturated carbocycles. The lowest BCUT2D eigenvalue weighted by molar-refractivity contribution is 0.173. The second kappa shape index (κ2) is 5.06. The van der Waals surface area contributed by atoms with Gasteiger partial charge in [-0.25, -0.2) is 0 Å². The van der Waals surface area contributed by atoms with Crippen LogP contribution in [0.4, 0.5) is 0 Å². The van der Waals surface area contributed by atoms with Crippen molar-refractivity contribution in [3.8, 4) is 11.4 Å². The Morgan fingerprint density at radius 1 is 1.12 bits per heavy atom.